The standard InChI is InChI=1S/C11H17N3O6S/c1-8(11(17)20-3)5-13(2)21(18,19)9-4-12-14(6-9)7-10(15)16/h4,6,8H,5,7H2,1-3H3,(H,15,16). The number of ether oxygens (including phenoxy) is 1. The lowest BCUT2D eigenvalue weighted by molar-refractivity contribution is -0.145. The van der Waals surface area contributed by atoms with Crippen molar-refractivity contribution in [2.24, 2.45) is 5.92 Å². The van der Waals surface area contributed by atoms with Crippen LogP contribution in [0.5, 0.6) is 0 Å². The van der Waals surface area contributed by atoms with E-state index in [0.717, 1.165) is 21.4 Å². The van der Waals surface area contributed by atoms with Crippen LogP contribution in [0, 0.1) is 5.92 Å². The minimum absolute atomic E-state index is 0.0564. The Bertz CT molecular complexity index is 624. The van der Waals surface area contributed by atoms with Crippen LogP contribution in [0.3, 0.4) is 0 Å². The van der Waals surface area contributed by atoms with Gasteiger partial charge in [-0.15, -0.1) is 0 Å². The Kier molecular flexibility index (Phi) is 5.44. The predicted octanol–water partition coefficient (Wildman–Crippen LogP) is -0.603. The van der Waals surface area contributed by atoms with Crippen LogP contribution in [0.1, 0.15) is 6.92 Å². The van der Waals surface area contributed by atoms with E-state index < -0.39 is 34.4 Å². The van der Waals surface area contributed by atoms with E-state index in [1.54, 1.807) is 6.92 Å². The molecular formula is C11H17N3O6S. The highest BCUT2D eigenvalue weighted by molar-refractivity contribution is 7.89. The fourth-order valence-electron chi connectivity index (χ4n) is 1.64. The first-order chi connectivity index (χ1) is 9.68. The van der Waals surface area contributed by atoms with Gasteiger partial charge in [0.2, 0.25) is 10.0 Å². The summed E-state index contributed by atoms with van der Waals surface area (Å²) in [6.07, 6.45) is 2.19. The highest BCUT2D eigenvalue weighted by atomic mass is 32.2. The Morgan fingerprint density at radius 3 is 2.67 bits per heavy atom. The summed E-state index contributed by atoms with van der Waals surface area (Å²) in [7, 11) is -1.29. The molecule has 0 aliphatic carbocycles. The van der Waals surface area contributed by atoms with Gasteiger partial charge >= 0.3 is 11.9 Å². The molecule has 0 aliphatic rings. The molecule has 0 aromatic carbocycles. The molecule has 1 rings (SSSR count). The fourth-order valence-corrected chi connectivity index (χ4v) is 2.86. The Balaban J connectivity index is 2.87. The van der Waals surface area contributed by atoms with E-state index in [1.807, 2.05) is 0 Å². The lowest BCUT2D eigenvalue weighted by Crippen LogP contribution is -2.34. The molecule has 0 amide bonds. The first kappa shape index (κ1) is 17.1. The Morgan fingerprint density at radius 1 is 1.52 bits per heavy atom. The van der Waals surface area contributed by atoms with Gasteiger partial charge in [-0.05, 0) is 0 Å². The van der Waals surface area contributed by atoms with Gasteiger partial charge in [0.15, 0.2) is 0 Å². The Labute approximate surface area is 122 Å². The SMILES string of the molecule is COC(=O)C(C)CN(C)S(=O)(=O)c1cnn(CC(=O)O)c1. The fraction of sp³-hybridized carbons (Fsp3) is 0.545. The quantitative estimate of drug-likeness (QED) is 0.666. The van der Waals surface area contributed by atoms with E-state index in [2.05, 4.69) is 9.84 Å². The summed E-state index contributed by atoms with van der Waals surface area (Å²) in [5.74, 6) is -2.27. The monoisotopic (exact) mass is 319 g/mol. The second-order valence-electron chi connectivity index (χ2n) is 4.48. The summed E-state index contributed by atoms with van der Waals surface area (Å²) in [4.78, 5) is 21.7. The maximum Gasteiger partial charge on any atom is 0.325 e. The topological polar surface area (TPSA) is 119 Å². The maximum absolute atomic E-state index is 12.3. The molecule has 10 heteroatoms. The number of methoxy groups -OCH3 is 1. The molecule has 1 aromatic rings. The van der Waals surface area contributed by atoms with Gasteiger partial charge < -0.3 is 9.84 Å². The Hall–Kier alpha value is -1.94. The number of rotatable bonds is 7. The molecule has 0 aliphatic heterocycles. The molecule has 0 saturated heterocycles. The molecule has 118 valence electrons. The van der Waals surface area contributed by atoms with Crippen LogP contribution >= 0.6 is 0 Å². The van der Waals surface area contributed by atoms with Crippen molar-refractivity contribution in [2.45, 2.75) is 18.4 Å². The molecule has 21 heavy (non-hydrogen) atoms. The summed E-state index contributed by atoms with van der Waals surface area (Å²) >= 11 is 0. The number of sulfonamides is 1. The molecule has 0 bridgehead atoms. The van der Waals surface area contributed by atoms with Crippen LogP contribution < -0.4 is 0 Å². The van der Waals surface area contributed by atoms with Gasteiger partial charge in [0.25, 0.3) is 0 Å². The number of esters is 1. The van der Waals surface area contributed by atoms with Gasteiger partial charge in [-0.25, -0.2) is 8.42 Å². The largest absolute Gasteiger partial charge is 0.480 e. The highest BCUT2D eigenvalue weighted by Crippen LogP contribution is 2.15. The highest BCUT2D eigenvalue weighted by Gasteiger charge is 2.26. The first-order valence-electron chi connectivity index (χ1n) is 5.97. The molecule has 1 atom stereocenters. The average molecular weight is 319 g/mol. The van der Waals surface area contributed by atoms with Gasteiger partial charge in [-0.1, -0.05) is 6.92 Å². The minimum atomic E-state index is -3.84. The van der Waals surface area contributed by atoms with Gasteiger partial charge in [0, 0.05) is 19.8 Å². The van der Waals surface area contributed by atoms with Crippen molar-refractivity contribution >= 4 is 22.0 Å². The second kappa shape index (κ2) is 6.68. The van der Waals surface area contributed by atoms with Crippen LogP contribution in [-0.4, -0.2) is 60.3 Å². The third kappa shape index (κ3) is 4.26. The number of carbonyl (C=O) groups is 2. The van der Waals surface area contributed by atoms with Crippen molar-refractivity contribution in [1.82, 2.24) is 14.1 Å². The Morgan fingerprint density at radius 2 is 2.14 bits per heavy atom. The number of nitrogens with zero attached hydrogens (tertiary/aromatic N) is 3. The van der Waals surface area contributed by atoms with Gasteiger partial charge in [0.05, 0.1) is 19.2 Å². The van der Waals surface area contributed by atoms with Crippen molar-refractivity contribution in [3.05, 3.63) is 12.4 Å². The predicted molar refractivity (Wildman–Crippen MR) is 70.9 cm³/mol. The van der Waals surface area contributed by atoms with Crippen LogP contribution in [0.25, 0.3) is 0 Å². The summed E-state index contributed by atoms with van der Waals surface area (Å²) in [6, 6.07) is 0. The second-order valence-corrected chi connectivity index (χ2v) is 6.52. The smallest absolute Gasteiger partial charge is 0.325 e. The van der Waals surface area contributed by atoms with Crippen LogP contribution in [0.15, 0.2) is 17.3 Å². The molecule has 0 fully saturated rings. The summed E-state index contributed by atoms with van der Waals surface area (Å²) in [5.41, 5.74) is 0. The molecule has 0 spiro atoms. The molecule has 9 nitrogen and oxygen atoms in total. The summed E-state index contributed by atoms with van der Waals surface area (Å²) in [5, 5.41) is 12.3. The molecule has 0 radical (unpaired) electrons. The molecule has 1 heterocycles. The van der Waals surface area contributed by atoms with E-state index in [9.17, 15) is 18.0 Å². The third-order valence-electron chi connectivity index (χ3n) is 2.75. The maximum atomic E-state index is 12.3. The summed E-state index contributed by atoms with van der Waals surface area (Å²) in [6.45, 7) is 1.06. The number of aliphatic carboxylic acids is 1. The number of hydrogen-bond donors (Lipinski definition) is 1. The van der Waals surface area contributed by atoms with E-state index in [4.69, 9.17) is 5.11 Å². The normalized spacial score (nSPS) is 13.1. The number of aromatic nitrogens is 2. The zero-order valence-electron chi connectivity index (χ0n) is 11.9. The third-order valence-corrected chi connectivity index (χ3v) is 4.53. The zero-order valence-corrected chi connectivity index (χ0v) is 12.7. The van der Waals surface area contributed by atoms with Crippen molar-refractivity contribution in [3.8, 4) is 0 Å². The molecule has 1 aromatic heterocycles. The lowest BCUT2D eigenvalue weighted by atomic mass is 10.2. The molecule has 0 saturated carbocycles. The van der Waals surface area contributed by atoms with E-state index in [0.29, 0.717) is 0 Å². The van der Waals surface area contributed by atoms with Gasteiger partial charge in [-0.3, -0.25) is 14.3 Å². The lowest BCUT2D eigenvalue weighted by Gasteiger charge is -2.19. The van der Waals surface area contributed by atoms with E-state index >= 15 is 0 Å². The van der Waals surface area contributed by atoms with E-state index in [1.165, 1.54) is 14.2 Å². The van der Waals surface area contributed by atoms with Crippen molar-refractivity contribution in [3.63, 3.8) is 0 Å². The van der Waals surface area contributed by atoms with Gasteiger partial charge in [-0.2, -0.15) is 9.40 Å². The number of hydrogen-bond acceptors (Lipinski definition) is 6. The van der Waals surface area contributed by atoms with Crippen molar-refractivity contribution < 1.29 is 27.9 Å². The number of carboxylic acids is 1. The first-order valence-corrected chi connectivity index (χ1v) is 7.41. The van der Waals surface area contributed by atoms with Crippen molar-refractivity contribution in [2.75, 3.05) is 20.7 Å². The summed E-state index contributed by atoms with van der Waals surface area (Å²) < 4.78 is 31.0. The van der Waals surface area contributed by atoms with E-state index in [-0.39, 0.29) is 11.4 Å². The molecule has 1 N–H and O–H groups in total. The molecule has 1 unspecified atom stereocenters. The number of carboxylic acid groups (broad SMARTS) is 1. The number of carbonyl (C=O) groups excluding carboxylic acids is 1. The van der Waals surface area contributed by atoms with Crippen molar-refractivity contribution in [1.29, 1.82) is 0 Å². The zero-order chi connectivity index (χ0) is 16.2. The minimum Gasteiger partial charge on any atom is -0.480 e. The molecular weight excluding hydrogens is 302 g/mol. The van der Waals surface area contributed by atoms with Crippen LogP contribution in [-0.2, 0) is 30.9 Å². The van der Waals surface area contributed by atoms with Crippen LogP contribution in [0.4, 0.5) is 0 Å². The van der Waals surface area contributed by atoms with Gasteiger partial charge in [0.1, 0.15) is 11.4 Å². The average Bonchev–Trinajstić information content (AvgIpc) is 2.85. The van der Waals surface area contributed by atoms with Crippen LogP contribution in [0.2, 0.25) is 0 Å².